The number of H-pyrrole nitrogens is 1. The minimum atomic E-state index is 0.889. The van der Waals surface area contributed by atoms with E-state index in [1.165, 1.54) is 20.7 Å². The van der Waals surface area contributed by atoms with Crippen LogP contribution < -0.4 is 4.74 Å². The van der Waals surface area contributed by atoms with Crippen molar-refractivity contribution in [3.8, 4) is 5.75 Å². The molecule has 0 saturated heterocycles. The number of benzene rings is 2. The van der Waals surface area contributed by atoms with Gasteiger partial charge in [0.05, 0.1) is 7.11 Å². The van der Waals surface area contributed by atoms with Crippen LogP contribution in [-0.4, -0.2) is 12.1 Å². The summed E-state index contributed by atoms with van der Waals surface area (Å²) in [5.41, 5.74) is 1.18. The molecule has 2 nitrogen and oxygen atoms in total. The van der Waals surface area contributed by atoms with Crippen LogP contribution in [0.2, 0.25) is 0 Å². The van der Waals surface area contributed by atoms with E-state index in [9.17, 15) is 0 Å². The van der Waals surface area contributed by atoms with Crippen molar-refractivity contribution in [1.82, 2.24) is 4.98 Å². The van der Waals surface area contributed by atoms with E-state index in [0.29, 0.717) is 0 Å². The highest BCUT2D eigenvalue weighted by atomic mass is 32.2. The Labute approximate surface area is 110 Å². The van der Waals surface area contributed by atoms with Gasteiger partial charge in [0.2, 0.25) is 0 Å². The molecule has 0 bridgehead atoms. The summed E-state index contributed by atoms with van der Waals surface area (Å²) in [4.78, 5) is 5.66. The third kappa shape index (κ3) is 2.22. The van der Waals surface area contributed by atoms with E-state index in [0.717, 1.165) is 5.75 Å². The molecular formula is C15H13NOS. The van der Waals surface area contributed by atoms with Gasteiger partial charge in [-0.15, -0.1) is 0 Å². The molecule has 3 heteroatoms. The predicted molar refractivity (Wildman–Crippen MR) is 75.4 cm³/mol. The average Bonchev–Trinajstić information content (AvgIpc) is 2.87. The van der Waals surface area contributed by atoms with Crippen molar-refractivity contribution < 1.29 is 4.74 Å². The molecule has 3 rings (SSSR count). The summed E-state index contributed by atoms with van der Waals surface area (Å²) in [5, 5.41) is 1.24. The lowest BCUT2D eigenvalue weighted by Crippen LogP contribution is -1.81. The fraction of sp³-hybridized carbons (Fsp3) is 0.0667. The highest BCUT2D eigenvalue weighted by Gasteiger charge is 2.00. The van der Waals surface area contributed by atoms with Gasteiger partial charge in [-0.05, 0) is 48.5 Å². The zero-order chi connectivity index (χ0) is 12.4. The van der Waals surface area contributed by atoms with E-state index in [2.05, 4.69) is 41.4 Å². The van der Waals surface area contributed by atoms with Crippen molar-refractivity contribution in [3.63, 3.8) is 0 Å². The maximum Gasteiger partial charge on any atom is 0.118 e. The summed E-state index contributed by atoms with van der Waals surface area (Å²) in [5.74, 6) is 0.889. The van der Waals surface area contributed by atoms with Crippen molar-refractivity contribution in [2.45, 2.75) is 9.79 Å². The molecule has 18 heavy (non-hydrogen) atoms. The summed E-state index contributed by atoms with van der Waals surface area (Å²) >= 11 is 1.76. The predicted octanol–water partition coefficient (Wildman–Crippen LogP) is 4.33. The molecule has 1 aromatic heterocycles. The first-order chi connectivity index (χ1) is 8.85. The van der Waals surface area contributed by atoms with E-state index in [-0.39, 0.29) is 0 Å². The molecule has 0 saturated carbocycles. The maximum absolute atomic E-state index is 5.15. The standard InChI is InChI=1S/C15H13NOS/c1-17-12-2-4-13(5-3-12)18-14-6-7-15-11(10-14)8-9-16-15/h2-10,16H,1H3. The molecule has 2 aromatic carbocycles. The van der Waals surface area contributed by atoms with Crippen LogP contribution in [-0.2, 0) is 0 Å². The Balaban J connectivity index is 1.85. The lowest BCUT2D eigenvalue weighted by atomic mass is 10.2. The number of rotatable bonds is 3. The summed E-state index contributed by atoms with van der Waals surface area (Å²) < 4.78 is 5.15. The summed E-state index contributed by atoms with van der Waals surface area (Å²) in [6.07, 6.45) is 1.96. The number of hydrogen-bond donors (Lipinski definition) is 1. The van der Waals surface area contributed by atoms with Crippen LogP contribution in [0.4, 0.5) is 0 Å². The van der Waals surface area contributed by atoms with Gasteiger partial charge in [0.1, 0.15) is 5.75 Å². The Bertz CT molecular complexity index is 658. The van der Waals surface area contributed by atoms with E-state index >= 15 is 0 Å². The molecule has 0 aliphatic rings. The van der Waals surface area contributed by atoms with Crippen LogP contribution >= 0.6 is 11.8 Å². The van der Waals surface area contributed by atoms with Crippen LogP contribution in [0.25, 0.3) is 10.9 Å². The number of methoxy groups -OCH3 is 1. The number of fused-ring (bicyclic) bond motifs is 1. The number of ether oxygens (including phenoxy) is 1. The quantitative estimate of drug-likeness (QED) is 0.753. The van der Waals surface area contributed by atoms with Crippen LogP contribution in [0.3, 0.4) is 0 Å². The van der Waals surface area contributed by atoms with Gasteiger partial charge in [-0.1, -0.05) is 11.8 Å². The summed E-state index contributed by atoms with van der Waals surface area (Å²) in [7, 11) is 1.68. The molecule has 1 heterocycles. The Morgan fingerprint density at radius 1 is 0.944 bits per heavy atom. The second-order valence-corrected chi connectivity index (χ2v) is 5.15. The molecule has 90 valence electrons. The fourth-order valence-corrected chi connectivity index (χ4v) is 2.74. The number of hydrogen-bond acceptors (Lipinski definition) is 2. The van der Waals surface area contributed by atoms with Crippen LogP contribution in [0.15, 0.2) is 64.5 Å². The second-order valence-electron chi connectivity index (χ2n) is 4.00. The molecule has 0 unspecified atom stereocenters. The largest absolute Gasteiger partial charge is 0.497 e. The Morgan fingerprint density at radius 2 is 1.72 bits per heavy atom. The van der Waals surface area contributed by atoms with Crippen LogP contribution in [0.1, 0.15) is 0 Å². The lowest BCUT2D eigenvalue weighted by Gasteiger charge is -2.03. The summed E-state index contributed by atoms with van der Waals surface area (Å²) in [6, 6.07) is 16.6. The van der Waals surface area contributed by atoms with Crippen molar-refractivity contribution >= 4 is 22.7 Å². The maximum atomic E-state index is 5.15. The Kier molecular flexibility index (Phi) is 2.99. The molecule has 0 atom stereocenters. The number of aromatic amines is 1. The van der Waals surface area contributed by atoms with Crippen LogP contribution in [0, 0.1) is 0 Å². The van der Waals surface area contributed by atoms with Gasteiger partial charge in [0.15, 0.2) is 0 Å². The molecule has 0 amide bonds. The minimum Gasteiger partial charge on any atom is -0.497 e. The van der Waals surface area contributed by atoms with E-state index in [4.69, 9.17) is 4.74 Å². The van der Waals surface area contributed by atoms with E-state index in [1.807, 2.05) is 18.3 Å². The SMILES string of the molecule is COc1ccc(Sc2ccc3[nH]ccc3c2)cc1. The zero-order valence-electron chi connectivity index (χ0n) is 10.0. The van der Waals surface area contributed by atoms with Crippen molar-refractivity contribution in [2.75, 3.05) is 7.11 Å². The zero-order valence-corrected chi connectivity index (χ0v) is 10.8. The van der Waals surface area contributed by atoms with Gasteiger partial charge < -0.3 is 9.72 Å². The van der Waals surface area contributed by atoms with Crippen molar-refractivity contribution in [3.05, 3.63) is 54.7 Å². The van der Waals surface area contributed by atoms with Gasteiger partial charge in [-0.25, -0.2) is 0 Å². The van der Waals surface area contributed by atoms with Crippen molar-refractivity contribution in [1.29, 1.82) is 0 Å². The molecule has 0 aliphatic heterocycles. The van der Waals surface area contributed by atoms with E-state index < -0.39 is 0 Å². The molecule has 3 aromatic rings. The fourth-order valence-electron chi connectivity index (χ4n) is 1.87. The van der Waals surface area contributed by atoms with Gasteiger partial charge in [-0.3, -0.25) is 0 Å². The Morgan fingerprint density at radius 3 is 2.50 bits per heavy atom. The van der Waals surface area contributed by atoms with Gasteiger partial charge in [-0.2, -0.15) is 0 Å². The highest BCUT2D eigenvalue weighted by Crippen LogP contribution is 2.30. The molecular weight excluding hydrogens is 242 g/mol. The lowest BCUT2D eigenvalue weighted by molar-refractivity contribution is 0.414. The number of aromatic nitrogens is 1. The number of nitrogens with one attached hydrogen (secondary N) is 1. The molecule has 1 N–H and O–H groups in total. The highest BCUT2D eigenvalue weighted by molar-refractivity contribution is 7.99. The smallest absolute Gasteiger partial charge is 0.118 e. The third-order valence-electron chi connectivity index (χ3n) is 2.82. The molecule has 0 fully saturated rings. The normalized spacial score (nSPS) is 10.7. The van der Waals surface area contributed by atoms with Crippen LogP contribution in [0.5, 0.6) is 5.75 Å². The van der Waals surface area contributed by atoms with Crippen molar-refractivity contribution in [2.24, 2.45) is 0 Å². The monoisotopic (exact) mass is 255 g/mol. The average molecular weight is 255 g/mol. The molecule has 0 radical (unpaired) electrons. The second kappa shape index (κ2) is 4.78. The topological polar surface area (TPSA) is 25.0 Å². The molecule has 0 spiro atoms. The van der Waals surface area contributed by atoms with Gasteiger partial charge in [0.25, 0.3) is 0 Å². The van der Waals surface area contributed by atoms with E-state index in [1.54, 1.807) is 18.9 Å². The first-order valence-electron chi connectivity index (χ1n) is 5.74. The Hall–Kier alpha value is -1.87. The minimum absolute atomic E-state index is 0.889. The van der Waals surface area contributed by atoms with Gasteiger partial charge in [0, 0.05) is 26.9 Å². The first kappa shape index (κ1) is 11.2. The van der Waals surface area contributed by atoms with Gasteiger partial charge >= 0.3 is 0 Å². The molecule has 0 aliphatic carbocycles. The summed E-state index contributed by atoms with van der Waals surface area (Å²) in [6.45, 7) is 0. The first-order valence-corrected chi connectivity index (χ1v) is 6.56. The third-order valence-corrected chi connectivity index (χ3v) is 3.82.